The van der Waals surface area contributed by atoms with Crippen LogP contribution in [0.5, 0.6) is 0 Å². The van der Waals surface area contributed by atoms with Crippen molar-refractivity contribution in [3.63, 3.8) is 0 Å². The number of nitrogens with two attached hydrogens (primary N) is 1. The number of hydrogen-bond acceptors (Lipinski definition) is 8. The molecule has 0 spiro atoms. The van der Waals surface area contributed by atoms with Gasteiger partial charge in [-0.25, -0.2) is 19.8 Å². The van der Waals surface area contributed by atoms with Crippen LogP contribution in [0.1, 0.15) is 35.3 Å². The van der Waals surface area contributed by atoms with Crippen molar-refractivity contribution < 1.29 is 14.3 Å². The Hall–Kier alpha value is -2.94. The molecule has 2 aromatic rings. The highest BCUT2D eigenvalue weighted by Gasteiger charge is 2.28. The van der Waals surface area contributed by atoms with Gasteiger partial charge in [-0.3, -0.25) is 4.79 Å². The summed E-state index contributed by atoms with van der Waals surface area (Å²) in [6.07, 6.45) is 3.73. The molecule has 9 heteroatoms. The van der Waals surface area contributed by atoms with E-state index in [0.29, 0.717) is 11.6 Å². The van der Waals surface area contributed by atoms with Crippen LogP contribution < -0.4 is 5.73 Å². The number of aromatic nitrogens is 2. The first-order chi connectivity index (χ1) is 13.1. The Labute approximate surface area is 160 Å². The van der Waals surface area contributed by atoms with E-state index in [0.717, 1.165) is 17.3 Å². The van der Waals surface area contributed by atoms with Crippen LogP contribution in [-0.2, 0) is 9.53 Å². The third-order valence-corrected chi connectivity index (χ3v) is 4.73. The first-order valence-electron chi connectivity index (χ1n) is 8.42. The van der Waals surface area contributed by atoms with E-state index in [2.05, 4.69) is 15.1 Å². The molecule has 0 saturated carbocycles. The Morgan fingerprint density at radius 1 is 1.33 bits per heavy atom. The van der Waals surface area contributed by atoms with E-state index in [1.165, 1.54) is 11.2 Å². The Morgan fingerprint density at radius 2 is 2.11 bits per heavy atom. The van der Waals surface area contributed by atoms with Gasteiger partial charge in [0.2, 0.25) is 0 Å². The van der Waals surface area contributed by atoms with Crippen molar-refractivity contribution >= 4 is 35.7 Å². The average molecular weight is 385 g/mol. The van der Waals surface area contributed by atoms with Crippen molar-refractivity contribution in [1.29, 1.82) is 0 Å². The quantitative estimate of drug-likeness (QED) is 0.461. The average Bonchev–Trinajstić information content (AvgIpc) is 3.17. The predicted molar refractivity (Wildman–Crippen MR) is 102 cm³/mol. The number of rotatable bonds is 6. The second-order valence-corrected chi connectivity index (χ2v) is 6.60. The number of carbonyl (C=O) groups excluding carboxylic acids is 2. The van der Waals surface area contributed by atoms with Crippen molar-refractivity contribution in [3.05, 3.63) is 47.7 Å². The molecule has 0 fully saturated rings. The number of nitrogens with zero attached hydrogens (tertiary/aromatic N) is 4. The number of anilines is 1. The molecule has 2 heterocycles. The van der Waals surface area contributed by atoms with Crippen LogP contribution in [0.4, 0.5) is 5.82 Å². The molecule has 140 valence electrons. The van der Waals surface area contributed by atoms with Crippen molar-refractivity contribution in [3.8, 4) is 0 Å². The Kier molecular flexibility index (Phi) is 6.02. The first kappa shape index (κ1) is 18.8. The van der Waals surface area contributed by atoms with E-state index in [9.17, 15) is 9.59 Å². The van der Waals surface area contributed by atoms with Gasteiger partial charge in [0.1, 0.15) is 11.4 Å². The number of thioether (sulfide) groups is 1. The van der Waals surface area contributed by atoms with Crippen molar-refractivity contribution in [2.75, 3.05) is 18.1 Å². The molecule has 1 atom stereocenters. The SMILES string of the molecule is CCOC(=O)c1cnc(SCC(=O)N2N=CCC2c2ccccc2)nc1N. The number of ether oxygens (including phenoxy) is 1. The fourth-order valence-electron chi connectivity index (χ4n) is 2.61. The molecule has 0 bridgehead atoms. The van der Waals surface area contributed by atoms with Crippen molar-refractivity contribution in [2.24, 2.45) is 5.10 Å². The molecule has 0 saturated heterocycles. The highest BCUT2D eigenvalue weighted by atomic mass is 32.2. The number of nitrogen functional groups attached to an aromatic ring is 1. The minimum Gasteiger partial charge on any atom is -0.462 e. The molecule has 1 amide bonds. The number of carbonyl (C=O) groups is 2. The summed E-state index contributed by atoms with van der Waals surface area (Å²) in [5, 5.41) is 6.00. The molecule has 3 rings (SSSR count). The lowest BCUT2D eigenvalue weighted by Gasteiger charge is -2.21. The van der Waals surface area contributed by atoms with Gasteiger partial charge in [-0.1, -0.05) is 42.1 Å². The molecular formula is C18H19N5O3S. The zero-order valence-electron chi connectivity index (χ0n) is 14.7. The van der Waals surface area contributed by atoms with Gasteiger partial charge in [0.15, 0.2) is 5.16 Å². The van der Waals surface area contributed by atoms with E-state index >= 15 is 0 Å². The highest BCUT2D eigenvalue weighted by molar-refractivity contribution is 7.99. The molecule has 1 aromatic heterocycles. The van der Waals surface area contributed by atoms with Gasteiger partial charge in [0, 0.05) is 18.8 Å². The molecule has 1 aliphatic heterocycles. The van der Waals surface area contributed by atoms with E-state index in [1.54, 1.807) is 13.1 Å². The van der Waals surface area contributed by atoms with Gasteiger partial charge in [-0.05, 0) is 12.5 Å². The fourth-order valence-corrected chi connectivity index (χ4v) is 3.29. The molecular weight excluding hydrogens is 366 g/mol. The lowest BCUT2D eigenvalue weighted by molar-refractivity contribution is -0.130. The maximum Gasteiger partial charge on any atom is 0.343 e. The molecule has 1 aliphatic rings. The van der Waals surface area contributed by atoms with Crippen LogP contribution in [0.2, 0.25) is 0 Å². The van der Waals surface area contributed by atoms with E-state index in [4.69, 9.17) is 10.5 Å². The molecule has 1 aromatic carbocycles. The van der Waals surface area contributed by atoms with Crippen LogP contribution in [0.25, 0.3) is 0 Å². The molecule has 0 aliphatic carbocycles. The zero-order chi connectivity index (χ0) is 19.2. The summed E-state index contributed by atoms with van der Waals surface area (Å²) in [7, 11) is 0. The summed E-state index contributed by atoms with van der Waals surface area (Å²) in [4.78, 5) is 32.5. The summed E-state index contributed by atoms with van der Waals surface area (Å²) in [6, 6.07) is 9.66. The van der Waals surface area contributed by atoms with Crippen LogP contribution in [0, 0.1) is 0 Å². The largest absolute Gasteiger partial charge is 0.462 e. The van der Waals surface area contributed by atoms with Gasteiger partial charge in [-0.2, -0.15) is 5.10 Å². The topological polar surface area (TPSA) is 111 Å². The number of hydrazone groups is 1. The molecule has 0 radical (unpaired) electrons. The van der Waals surface area contributed by atoms with Crippen LogP contribution in [0.3, 0.4) is 0 Å². The number of amides is 1. The summed E-state index contributed by atoms with van der Waals surface area (Å²) >= 11 is 1.14. The van der Waals surface area contributed by atoms with Gasteiger partial charge < -0.3 is 10.5 Å². The van der Waals surface area contributed by atoms with Gasteiger partial charge in [-0.15, -0.1) is 0 Å². The highest BCUT2D eigenvalue weighted by Crippen LogP contribution is 2.29. The summed E-state index contributed by atoms with van der Waals surface area (Å²) in [5.41, 5.74) is 6.94. The summed E-state index contributed by atoms with van der Waals surface area (Å²) < 4.78 is 4.89. The second-order valence-electron chi connectivity index (χ2n) is 5.66. The minimum absolute atomic E-state index is 0.0276. The van der Waals surface area contributed by atoms with E-state index in [-0.39, 0.29) is 35.7 Å². The maximum absolute atomic E-state index is 12.6. The summed E-state index contributed by atoms with van der Waals surface area (Å²) in [5.74, 6) is -0.586. The fraction of sp³-hybridized carbons (Fsp3) is 0.278. The third kappa shape index (κ3) is 4.43. The Balaban J connectivity index is 1.63. The molecule has 8 nitrogen and oxygen atoms in total. The van der Waals surface area contributed by atoms with Crippen molar-refractivity contribution in [2.45, 2.75) is 24.5 Å². The third-order valence-electron chi connectivity index (χ3n) is 3.89. The smallest absolute Gasteiger partial charge is 0.343 e. The molecule has 1 unspecified atom stereocenters. The van der Waals surface area contributed by atoms with Crippen LogP contribution in [-0.4, -0.2) is 45.4 Å². The molecule has 27 heavy (non-hydrogen) atoms. The second kappa shape index (κ2) is 8.63. The Bertz CT molecular complexity index is 859. The zero-order valence-corrected chi connectivity index (χ0v) is 15.6. The lowest BCUT2D eigenvalue weighted by atomic mass is 10.0. The minimum atomic E-state index is -0.570. The predicted octanol–water partition coefficient (Wildman–Crippen LogP) is 2.29. The molecule has 2 N–H and O–H groups in total. The number of hydrogen-bond donors (Lipinski definition) is 1. The Morgan fingerprint density at radius 3 is 2.81 bits per heavy atom. The normalized spacial score (nSPS) is 15.7. The van der Waals surface area contributed by atoms with E-state index in [1.807, 2.05) is 30.3 Å². The first-order valence-corrected chi connectivity index (χ1v) is 9.40. The van der Waals surface area contributed by atoms with Crippen LogP contribution >= 0.6 is 11.8 Å². The number of benzene rings is 1. The number of esters is 1. The maximum atomic E-state index is 12.6. The van der Waals surface area contributed by atoms with Gasteiger partial charge in [0.05, 0.1) is 18.4 Å². The van der Waals surface area contributed by atoms with E-state index < -0.39 is 5.97 Å². The van der Waals surface area contributed by atoms with Gasteiger partial charge >= 0.3 is 5.97 Å². The van der Waals surface area contributed by atoms with Crippen molar-refractivity contribution in [1.82, 2.24) is 15.0 Å². The standard InChI is InChI=1S/C18H19N5O3S/c1-2-26-17(25)13-10-20-18(22-16(13)19)27-11-15(24)23-14(8-9-21-23)12-6-4-3-5-7-12/h3-7,9-10,14H,2,8,11H2,1H3,(H2,19,20,22). The lowest BCUT2D eigenvalue weighted by Crippen LogP contribution is -2.28. The monoisotopic (exact) mass is 385 g/mol. The summed E-state index contributed by atoms with van der Waals surface area (Å²) in [6.45, 7) is 1.94. The van der Waals surface area contributed by atoms with Gasteiger partial charge in [0.25, 0.3) is 5.91 Å². The van der Waals surface area contributed by atoms with Crippen LogP contribution in [0.15, 0.2) is 46.8 Å².